The van der Waals surface area contributed by atoms with Crippen molar-refractivity contribution in [3.05, 3.63) is 77.1 Å². The molecule has 2 amide bonds. The second-order valence-corrected chi connectivity index (χ2v) is 7.57. The number of thiazole rings is 1. The number of benzene rings is 1. The molecule has 142 valence electrons. The average Bonchev–Trinajstić information content (AvgIpc) is 3.48. The number of amides is 2. The Hall–Kier alpha value is -3.06. The lowest BCUT2D eigenvalue weighted by Crippen LogP contribution is -2.34. The van der Waals surface area contributed by atoms with Gasteiger partial charge in [0, 0.05) is 23.2 Å². The van der Waals surface area contributed by atoms with Gasteiger partial charge in [0.2, 0.25) is 5.91 Å². The van der Waals surface area contributed by atoms with Crippen LogP contribution in [0.1, 0.15) is 34.6 Å². The van der Waals surface area contributed by atoms with E-state index in [0.29, 0.717) is 29.0 Å². The fourth-order valence-electron chi connectivity index (χ4n) is 2.93. The number of rotatable bonds is 7. The summed E-state index contributed by atoms with van der Waals surface area (Å²) >= 11 is 1.33. The van der Waals surface area contributed by atoms with Crippen LogP contribution < -0.4 is 5.32 Å². The highest BCUT2D eigenvalue weighted by molar-refractivity contribution is 7.14. The molecule has 7 heteroatoms. The topological polar surface area (TPSA) is 75.2 Å². The van der Waals surface area contributed by atoms with Gasteiger partial charge >= 0.3 is 0 Å². The lowest BCUT2D eigenvalue weighted by molar-refractivity contribution is -0.131. The maximum atomic E-state index is 12.8. The Morgan fingerprint density at radius 1 is 1.07 bits per heavy atom. The van der Waals surface area contributed by atoms with Gasteiger partial charge in [0.15, 0.2) is 5.13 Å². The van der Waals surface area contributed by atoms with Gasteiger partial charge in [0.1, 0.15) is 0 Å². The lowest BCUT2D eigenvalue weighted by atomic mass is 10.2. The Labute approximate surface area is 167 Å². The summed E-state index contributed by atoms with van der Waals surface area (Å²) < 4.78 is 0. The Balaban J connectivity index is 1.38. The van der Waals surface area contributed by atoms with Crippen LogP contribution in [0.25, 0.3) is 0 Å². The molecular weight excluding hydrogens is 372 g/mol. The third-order valence-corrected chi connectivity index (χ3v) is 5.31. The molecule has 0 unspecified atom stereocenters. The number of hydrogen-bond donors (Lipinski definition) is 1. The number of aromatic nitrogens is 2. The van der Waals surface area contributed by atoms with Crippen molar-refractivity contribution >= 4 is 28.3 Å². The Bertz CT molecular complexity index is 955. The minimum absolute atomic E-state index is 0.0411. The monoisotopic (exact) mass is 392 g/mol. The zero-order valence-electron chi connectivity index (χ0n) is 15.2. The zero-order valence-corrected chi connectivity index (χ0v) is 16.1. The molecule has 3 aromatic rings. The largest absolute Gasteiger partial charge is 0.333 e. The van der Waals surface area contributed by atoms with Crippen molar-refractivity contribution in [1.29, 1.82) is 0 Å². The van der Waals surface area contributed by atoms with Crippen molar-refractivity contribution in [1.82, 2.24) is 14.9 Å². The molecule has 1 aliphatic rings. The fourth-order valence-corrected chi connectivity index (χ4v) is 3.64. The molecule has 2 aromatic heterocycles. The molecule has 0 bridgehead atoms. The standard InChI is InChI=1S/C21H20N4O2S/c26-19(25(18-9-10-18)13-16-8-4-5-11-22-16)12-17-14-28-21(23-17)24-20(27)15-6-2-1-3-7-15/h1-8,11,14,18H,9-10,12-13H2,(H,23,24,27). The first-order valence-corrected chi connectivity index (χ1v) is 10.1. The van der Waals surface area contributed by atoms with Crippen LogP contribution in [0, 0.1) is 0 Å². The van der Waals surface area contributed by atoms with E-state index in [1.165, 1.54) is 11.3 Å². The maximum absolute atomic E-state index is 12.8. The molecule has 1 aromatic carbocycles. The van der Waals surface area contributed by atoms with Crippen molar-refractivity contribution in [2.75, 3.05) is 5.32 Å². The number of hydrogen-bond acceptors (Lipinski definition) is 5. The first kappa shape index (κ1) is 18.3. The van der Waals surface area contributed by atoms with E-state index in [-0.39, 0.29) is 18.2 Å². The molecule has 1 saturated carbocycles. The third-order valence-electron chi connectivity index (χ3n) is 4.51. The first-order chi connectivity index (χ1) is 13.7. The van der Waals surface area contributed by atoms with Crippen LogP contribution in [0.5, 0.6) is 0 Å². The highest BCUT2D eigenvalue weighted by Crippen LogP contribution is 2.29. The van der Waals surface area contributed by atoms with Crippen LogP contribution in [0.3, 0.4) is 0 Å². The van der Waals surface area contributed by atoms with E-state index in [1.54, 1.807) is 18.3 Å². The van der Waals surface area contributed by atoms with E-state index in [1.807, 2.05) is 46.7 Å². The van der Waals surface area contributed by atoms with Crippen molar-refractivity contribution in [2.45, 2.75) is 31.8 Å². The number of nitrogens with one attached hydrogen (secondary N) is 1. The Morgan fingerprint density at radius 2 is 1.86 bits per heavy atom. The summed E-state index contributed by atoms with van der Waals surface area (Å²) in [5.41, 5.74) is 2.13. The van der Waals surface area contributed by atoms with Gasteiger partial charge in [0.25, 0.3) is 5.91 Å². The summed E-state index contributed by atoms with van der Waals surface area (Å²) in [5.74, 6) is -0.165. The molecule has 2 heterocycles. The summed E-state index contributed by atoms with van der Waals surface area (Å²) in [7, 11) is 0. The van der Waals surface area contributed by atoms with Gasteiger partial charge in [-0.1, -0.05) is 24.3 Å². The Kier molecular flexibility index (Phi) is 5.43. The van der Waals surface area contributed by atoms with Gasteiger partial charge in [-0.25, -0.2) is 4.98 Å². The number of anilines is 1. The summed E-state index contributed by atoms with van der Waals surface area (Å²) in [4.78, 5) is 35.7. The van der Waals surface area contributed by atoms with E-state index in [9.17, 15) is 9.59 Å². The van der Waals surface area contributed by atoms with E-state index >= 15 is 0 Å². The second-order valence-electron chi connectivity index (χ2n) is 6.71. The molecule has 1 aliphatic carbocycles. The molecule has 0 atom stereocenters. The van der Waals surface area contributed by atoms with Gasteiger partial charge in [-0.3, -0.25) is 19.9 Å². The van der Waals surface area contributed by atoms with Crippen molar-refractivity contribution < 1.29 is 9.59 Å². The molecule has 6 nitrogen and oxygen atoms in total. The highest BCUT2D eigenvalue weighted by Gasteiger charge is 2.33. The Morgan fingerprint density at radius 3 is 2.57 bits per heavy atom. The van der Waals surface area contributed by atoms with Crippen LogP contribution in [0.15, 0.2) is 60.1 Å². The molecule has 0 aliphatic heterocycles. The van der Waals surface area contributed by atoms with Crippen LogP contribution in [0.4, 0.5) is 5.13 Å². The van der Waals surface area contributed by atoms with Gasteiger partial charge in [0.05, 0.1) is 24.4 Å². The van der Waals surface area contributed by atoms with Gasteiger partial charge < -0.3 is 4.90 Å². The molecule has 28 heavy (non-hydrogen) atoms. The molecule has 1 N–H and O–H groups in total. The predicted molar refractivity (Wildman–Crippen MR) is 108 cm³/mol. The highest BCUT2D eigenvalue weighted by atomic mass is 32.1. The molecule has 0 saturated heterocycles. The van der Waals surface area contributed by atoms with Crippen LogP contribution in [-0.4, -0.2) is 32.7 Å². The summed E-state index contributed by atoms with van der Waals surface area (Å²) in [6, 6.07) is 15.0. The molecule has 0 radical (unpaired) electrons. The third kappa shape index (κ3) is 4.61. The van der Waals surface area contributed by atoms with Crippen molar-refractivity contribution in [3.63, 3.8) is 0 Å². The van der Waals surface area contributed by atoms with Crippen molar-refractivity contribution in [2.24, 2.45) is 0 Å². The first-order valence-electron chi connectivity index (χ1n) is 9.19. The number of pyridine rings is 1. The smallest absolute Gasteiger partial charge is 0.257 e. The molecule has 4 rings (SSSR count). The predicted octanol–water partition coefficient (Wildman–Crippen LogP) is 3.52. The second kappa shape index (κ2) is 8.31. The lowest BCUT2D eigenvalue weighted by Gasteiger charge is -2.21. The van der Waals surface area contributed by atoms with E-state index < -0.39 is 0 Å². The summed E-state index contributed by atoms with van der Waals surface area (Å²) in [6.45, 7) is 0.520. The number of carbonyl (C=O) groups is 2. The zero-order chi connectivity index (χ0) is 19.3. The fraction of sp³-hybridized carbons (Fsp3) is 0.238. The molecule has 1 fully saturated rings. The summed E-state index contributed by atoms with van der Waals surface area (Å²) in [6.07, 6.45) is 4.04. The summed E-state index contributed by atoms with van der Waals surface area (Å²) in [5, 5.41) is 5.11. The van der Waals surface area contributed by atoms with Gasteiger partial charge in [-0.2, -0.15) is 0 Å². The minimum Gasteiger partial charge on any atom is -0.333 e. The molecular formula is C21H20N4O2S. The van der Waals surface area contributed by atoms with E-state index in [2.05, 4.69) is 15.3 Å². The van der Waals surface area contributed by atoms with Gasteiger partial charge in [-0.05, 0) is 37.1 Å². The van der Waals surface area contributed by atoms with Crippen LogP contribution >= 0.6 is 11.3 Å². The van der Waals surface area contributed by atoms with E-state index in [4.69, 9.17) is 0 Å². The normalized spacial score (nSPS) is 13.1. The van der Waals surface area contributed by atoms with Gasteiger partial charge in [-0.15, -0.1) is 11.3 Å². The average molecular weight is 392 g/mol. The number of nitrogens with zero attached hydrogens (tertiary/aromatic N) is 3. The maximum Gasteiger partial charge on any atom is 0.257 e. The van der Waals surface area contributed by atoms with Crippen molar-refractivity contribution in [3.8, 4) is 0 Å². The van der Waals surface area contributed by atoms with Crippen LogP contribution in [-0.2, 0) is 17.8 Å². The SMILES string of the molecule is O=C(Nc1nc(CC(=O)N(Cc2ccccn2)C2CC2)cs1)c1ccccc1. The minimum atomic E-state index is -0.206. The molecule has 0 spiro atoms. The van der Waals surface area contributed by atoms with E-state index in [0.717, 1.165) is 18.5 Å². The van der Waals surface area contributed by atoms with Crippen LogP contribution in [0.2, 0.25) is 0 Å². The number of carbonyl (C=O) groups excluding carboxylic acids is 2. The quantitative estimate of drug-likeness (QED) is 0.667.